The molecule has 0 spiro atoms. The Bertz CT molecular complexity index is 515. The Morgan fingerprint density at radius 3 is 3.05 bits per heavy atom. The van der Waals surface area contributed by atoms with Gasteiger partial charge in [0.25, 0.3) is 5.91 Å². The lowest BCUT2D eigenvalue weighted by molar-refractivity contribution is 0.0755. The number of para-hydroxylation sites is 1. The van der Waals surface area contributed by atoms with E-state index in [9.17, 15) is 4.79 Å². The Labute approximate surface area is 126 Å². The average molecular weight is 289 g/mol. The van der Waals surface area contributed by atoms with Crippen LogP contribution in [0.25, 0.3) is 0 Å². The summed E-state index contributed by atoms with van der Waals surface area (Å²) < 4.78 is 10.8. The standard InChI is InChI=1S/C17H23NO3/c1-2-5-13-6-4-10-18(11-9-13)17(19)14-7-3-8-15-16(14)21-12-20-15/h3,7-8,13H,2,4-6,9-12H2,1H3. The minimum atomic E-state index is 0.0782. The van der Waals surface area contributed by atoms with Crippen molar-refractivity contribution >= 4 is 5.91 Å². The van der Waals surface area contributed by atoms with E-state index in [1.54, 1.807) is 0 Å². The molecule has 1 aromatic carbocycles. The fraction of sp³-hybridized carbons (Fsp3) is 0.588. The molecule has 2 heterocycles. The summed E-state index contributed by atoms with van der Waals surface area (Å²) in [6, 6.07) is 5.54. The van der Waals surface area contributed by atoms with Crippen molar-refractivity contribution in [3.63, 3.8) is 0 Å². The lowest BCUT2D eigenvalue weighted by Crippen LogP contribution is -2.32. The Morgan fingerprint density at radius 1 is 1.29 bits per heavy atom. The first kappa shape index (κ1) is 14.2. The van der Waals surface area contributed by atoms with Gasteiger partial charge in [-0.3, -0.25) is 4.79 Å². The molecular formula is C17H23NO3. The Kier molecular flexibility index (Phi) is 4.32. The molecule has 1 fully saturated rings. The number of amides is 1. The molecule has 2 aliphatic heterocycles. The lowest BCUT2D eigenvalue weighted by atomic mass is 9.96. The summed E-state index contributed by atoms with van der Waals surface area (Å²) in [5, 5.41) is 0. The second-order valence-corrected chi connectivity index (χ2v) is 5.92. The summed E-state index contributed by atoms with van der Waals surface area (Å²) >= 11 is 0. The number of likely N-dealkylation sites (tertiary alicyclic amines) is 1. The van der Waals surface area contributed by atoms with Gasteiger partial charge in [-0.2, -0.15) is 0 Å². The molecule has 1 atom stereocenters. The third-order valence-corrected chi connectivity index (χ3v) is 4.46. The van der Waals surface area contributed by atoms with E-state index in [2.05, 4.69) is 6.92 Å². The van der Waals surface area contributed by atoms with E-state index >= 15 is 0 Å². The zero-order valence-electron chi connectivity index (χ0n) is 12.6. The smallest absolute Gasteiger partial charge is 0.257 e. The third-order valence-electron chi connectivity index (χ3n) is 4.46. The molecule has 1 amide bonds. The van der Waals surface area contributed by atoms with Crippen molar-refractivity contribution in [1.82, 2.24) is 4.90 Å². The zero-order chi connectivity index (χ0) is 14.7. The summed E-state index contributed by atoms with van der Waals surface area (Å²) in [6.45, 7) is 4.15. The molecule has 0 aliphatic carbocycles. The predicted molar refractivity (Wildman–Crippen MR) is 80.7 cm³/mol. The molecule has 21 heavy (non-hydrogen) atoms. The van der Waals surface area contributed by atoms with Crippen molar-refractivity contribution in [2.75, 3.05) is 19.9 Å². The van der Waals surface area contributed by atoms with Gasteiger partial charge in [-0.05, 0) is 37.3 Å². The van der Waals surface area contributed by atoms with E-state index in [1.165, 1.54) is 19.3 Å². The van der Waals surface area contributed by atoms with Gasteiger partial charge in [0.15, 0.2) is 11.5 Å². The molecule has 0 saturated carbocycles. The van der Waals surface area contributed by atoms with Crippen molar-refractivity contribution in [2.45, 2.75) is 39.0 Å². The van der Waals surface area contributed by atoms with Crippen LogP contribution >= 0.6 is 0 Å². The van der Waals surface area contributed by atoms with Crippen molar-refractivity contribution in [1.29, 1.82) is 0 Å². The normalized spacial score (nSPS) is 21.2. The van der Waals surface area contributed by atoms with E-state index in [0.717, 1.165) is 31.8 Å². The van der Waals surface area contributed by atoms with Gasteiger partial charge in [0, 0.05) is 13.1 Å². The first-order valence-corrected chi connectivity index (χ1v) is 7.97. The number of hydrogen-bond donors (Lipinski definition) is 0. The molecule has 0 radical (unpaired) electrons. The first-order chi connectivity index (χ1) is 10.3. The fourth-order valence-electron chi connectivity index (χ4n) is 3.33. The molecule has 3 rings (SSSR count). The highest BCUT2D eigenvalue weighted by atomic mass is 16.7. The van der Waals surface area contributed by atoms with Crippen LogP contribution in [0.3, 0.4) is 0 Å². The van der Waals surface area contributed by atoms with E-state index < -0.39 is 0 Å². The highest BCUT2D eigenvalue weighted by Crippen LogP contribution is 2.36. The lowest BCUT2D eigenvalue weighted by Gasteiger charge is -2.21. The van der Waals surface area contributed by atoms with Crippen molar-refractivity contribution in [2.24, 2.45) is 5.92 Å². The second kappa shape index (κ2) is 6.37. The maximum Gasteiger partial charge on any atom is 0.257 e. The first-order valence-electron chi connectivity index (χ1n) is 7.97. The van der Waals surface area contributed by atoms with Gasteiger partial charge in [0.05, 0.1) is 5.56 Å². The number of benzene rings is 1. The number of carbonyl (C=O) groups excluding carboxylic acids is 1. The van der Waals surface area contributed by atoms with E-state index in [1.807, 2.05) is 23.1 Å². The zero-order valence-corrected chi connectivity index (χ0v) is 12.6. The van der Waals surface area contributed by atoms with Gasteiger partial charge in [-0.1, -0.05) is 25.8 Å². The van der Waals surface area contributed by atoms with Crippen molar-refractivity contribution in [3.8, 4) is 11.5 Å². The van der Waals surface area contributed by atoms with Gasteiger partial charge in [0.1, 0.15) is 0 Å². The summed E-state index contributed by atoms with van der Waals surface area (Å²) in [7, 11) is 0. The molecule has 0 N–H and O–H groups in total. The van der Waals surface area contributed by atoms with Crippen LogP contribution in [-0.2, 0) is 0 Å². The number of fused-ring (bicyclic) bond motifs is 1. The summed E-state index contributed by atoms with van der Waals surface area (Å²) in [5.74, 6) is 2.14. The largest absolute Gasteiger partial charge is 0.454 e. The third kappa shape index (κ3) is 2.99. The van der Waals surface area contributed by atoms with Crippen LogP contribution in [0.1, 0.15) is 49.4 Å². The molecule has 1 unspecified atom stereocenters. The second-order valence-electron chi connectivity index (χ2n) is 5.92. The van der Waals surface area contributed by atoms with E-state index in [4.69, 9.17) is 9.47 Å². The molecule has 4 heteroatoms. The molecule has 114 valence electrons. The Hall–Kier alpha value is -1.71. The highest BCUT2D eigenvalue weighted by Gasteiger charge is 2.27. The average Bonchev–Trinajstić information content (AvgIpc) is 2.86. The minimum Gasteiger partial charge on any atom is -0.454 e. The number of hydrogen-bond acceptors (Lipinski definition) is 3. The molecule has 0 bridgehead atoms. The van der Waals surface area contributed by atoms with Crippen LogP contribution in [-0.4, -0.2) is 30.7 Å². The molecular weight excluding hydrogens is 266 g/mol. The SMILES string of the molecule is CCCC1CCCN(C(=O)c2cccc3c2OCO3)CC1. The van der Waals surface area contributed by atoms with Gasteiger partial charge in [-0.15, -0.1) is 0 Å². The quantitative estimate of drug-likeness (QED) is 0.855. The molecule has 4 nitrogen and oxygen atoms in total. The van der Waals surface area contributed by atoms with Gasteiger partial charge in [-0.25, -0.2) is 0 Å². The predicted octanol–water partition coefficient (Wildman–Crippen LogP) is 3.46. The van der Waals surface area contributed by atoms with Gasteiger partial charge < -0.3 is 14.4 Å². The summed E-state index contributed by atoms with van der Waals surface area (Å²) in [6.07, 6.45) is 5.97. The maximum atomic E-state index is 12.8. The topological polar surface area (TPSA) is 38.8 Å². The number of carbonyl (C=O) groups is 1. The van der Waals surface area contributed by atoms with Gasteiger partial charge >= 0.3 is 0 Å². The maximum absolute atomic E-state index is 12.8. The van der Waals surface area contributed by atoms with Crippen LogP contribution in [0.15, 0.2) is 18.2 Å². The van der Waals surface area contributed by atoms with Crippen molar-refractivity contribution < 1.29 is 14.3 Å². The summed E-state index contributed by atoms with van der Waals surface area (Å²) in [4.78, 5) is 14.7. The number of ether oxygens (including phenoxy) is 2. The fourth-order valence-corrected chi connectivity index (χ4v) is 3.33. The van der Waals surface area contributed by atoms with Crippen LogP contribution in [0.4, 0.5) is 0 Å². The molecule has 1 aromatic rings. The van der Waals surface area contributed by atoms with E-state index in [0.29, 0.717) is 17.1 Å². The van der Waals surface area contributed by atoms with Crippen LogP contribution in [0, 0.1) is 5.92 Å². The van der Waals surface area contributed by atoms with Crippen LogP contribution in [0.2, 0.25) is 0 Å². The summed E-state index contributed by atoms with van der Waals surface area (Å²) in [5.41, 5.74) is 0.638. The highest BCUT2D eigenvalue weighted by molar-refractivity contribution is 5.98. The minimum absolute atomic E-state index is 0.0782. The molecule has 2 aliphatic rings. The number of nitrogens with zero attached hydrogens (tertiary/aromatic N) is 1. The van der Waals surface area contributed by atoms with Crippen molar-refractivity contribution in [3.05, 3.63) is 23.8 Å². The van der Waals surface area contributed by atoms with E-state index in [-0.39, 0.29) is 12.7 Å². The van der Waals surface area contributed by atoms with Gasteiger partial charge in [0.2, 0.25) is 6.79 Å². The van der Waals surface area contributed by atoms with Crippen LogP contribution < -0.4 is 9.47 Å². The molecule has 0 aromatic heterocycles. The Morgan fingerprint density at radius 2 is 2.19 bits per heavy atom. The monoisotopic (exact) mass is 289 g/mol. The van der Waals surface area contributed by atoms with Crippen LogP contribution in [0.5, 0.6) is 11.5 Å². The molecule has 1 saturated heterocycles. The number of rotatable bonds is 3. The Balaban J connectivity index is 1.72.